The van der Waals surface area contributed by atoms with Crippen molar-refractivity contribution in [3.8, 4) is 0 Å². The fourth-order valence-corrected chi connectivity index (χ4v) is 3.48. The van der Waals surface area contributed by atoms with E-state index in [4.69, 9.17) is 16.3 Å². The normalized spacial score (nSPS) is 23.9. The maximum absolute atomic E-state index is 13.4. The molecule has 1 fully saturated rings. The van der Waals surface area contributed by atoms with E-state index in [0.29, 0.717) is 5.02 Å². The molecule has 0 spiro atoms. The van der Waals surface area contributed by atoms with Gasteiger partial charge in [0, 0.05) is 10.6 Å². The van der Waals surface area contributed by atoms with Crippen molar-refractivity contribution in [2.24, 2.45) is 0 Å². The number of hydrogen-bond acceptors (Lipinski definition) is 3. The minimum absolute atomic E-state index is 0.133. The Balaban J connectivity index is 1.80. The molecule has 3 atom stereocenters. The van der Waals surface area contributed by atoms with Crippen molar-refractivity contribution in [3.63, 3.8) is 0 Å². The number of aromatic nitrogens is 3. The van der Waals surface area contributed by atoms with Gasteiger partial charge in [0.25, 0.3) is 0 Å². The van der Waals surface area contributed by atoms with Gasteiger partial charge in [-0.2, -0.15) is 5.10 Å². The van der Waals surface area contributed by atoms with E-state index in [1.807, 2.05) is 31.2 Å². The Morgan fingerprint density at radius 2 is 1.96 bits per heavy atom. The average molecular weight is 344 g/mol. The van der Waals surface area contributed by atoms with E-state index in [2.05, 4.69) is 10.1 Å². The molecule has 0 aliphatic carbocycles. The van der Waals surface area contributed by atoms with Gasteiger partial charge in [-0.1, -0.05) is 41.9 Å². The van der Waals surface area contributed by atoms with Gasteiger partial charge in [-0.05, 0) is 30.7 Å². The molecule has 6 heteroatoms. The van der Waals surface area contributed by atoms with Crippen LogP contribution >= 0.6 is 11.6 Å². The molecule has 1 aromatic heterocycles. The first kappa shape index (κ1) is 15.3. The third kappa shape index (κ3) is 2.32. The second-order valence-corrected chi connectivity index (χ2v) is 6.28. The molecule has 122 valence electrons. The van der Waals surface area contributed by atoms with E-state index in [9.17, 15) is 4.39 Å². The van der Waals surface area contributed by atoms with Gasteiger partial charge < -0.3 is 4.74 Å². The second-order valence-electron chi connectivity index (χ2n) is 5.87. The van der Waals surface area contributed by atoms with Crippen LogP contribution in [0.5, 0.6) is 0 Å². The first-order valence-corrected chi connectivity index (χ1v) is 8.03. The highest BCUT2D eigenvalue weighted by Gasteiger charge is 2.63. The molecule has 2 heterocycles. The molecule has 0 N–H and O–H groups in total. The van der Waals surface area contributed by atoms with E-state index in [0.717, 1.165) is 11.1 Å². The van der Waals surface area contributed by atoms with E-state index >= 15 is 0 Å². The number of halogens is 2. The molecule has 3 unspecified atom stereocenters. The molecule has 1 saturated heterocycles. The van der Waals surface area contributed by atoms with Gasteiger partial charge in [0.1, 0.15) is 30.2 Å². The highest BCUT2D eigenvalue weighted by Crippen LogP contribution is 2.63. The molecule has 3 aromatic rings. The van der Waals surface area contributed by atoms with E-state index < -0.39 is 5.60 Å². The smallest absolute Gasteiger partial charge is 0.146 e. The largest absolute Gasteiger partial charge is 0.353 e. The van der Waals surface area contributed by atoms with Crippen LogP contribution in [-0.2, 0) is 10.3 Å². The van der Waals surface area contributed by atoms with Crippen molar-refractivity contribution >= 4 is 11.6 Å². The average Bonchev–Trinajstić information content (AvgIpc) is 3.09. The summed E-state index contributed by atoms with van der Waals surface area (Å²) in [6.07, 6.45) is 2.92. The molecule has 24 heavy (non-hydrogen) atoms. The second kappa shape index (κ2) is 5.69. The standard InChI is InChI=1S/C18H15ClFN3O/c1-12(23-11-21-10-22-23)18(13-6-8-14(20)9-7-13)17(24-18)15-4-2-3-5-16(15)19/h2-12,17H,1H3. The van der Waals surface area contributed by atoms with Gasteiger partial charge in [0.15, 0.2) is 0 Å². The minimum atomic E-state index is -0.660. The Morgan fingerprint density at radius 3 is 2.62 bits per heavy atom. The van der Waals surface area contributed by atoms with Crippen LogP contribution < -0.4 is 0 Å². The van der Waals surface area contributed by atoms with Crippen LogP contribution in [0.2, 0.25) is 5.02 Å². The SMILES string of the molecule is CC(n1cncn1)C1(c2ccc(F)cc2)OC1c1ccccc1Cl. The topological polar surface area (TPSA) is 43.2 Å². The molecule has 1 aliphatic heterocycles. The van der Waals surface area contributed by atoms with Crippen molar-refractivity contribution in [3.05, 3.63) is 83.2 Å². The summed E-state index contributed by atoms with van der Waals surface area (Å²) in [4.78, 5) is 4.02. The maximum Gasteiger partial charge on any atom is 0.146 e. The summed E-state index contributed by atoms with van der Waals surface area (Å²) < 4.78 is 21.3. The Kier molecular flexibility index (Phi) is 3.62. The first-order valence-electron chi connectivity index (χ1n) is 7.65. The molecule has 0 saturated carbocycles. The summed E-state index contributed by atoms with van der Waals surface area (Å²) in [6.45, 7) is 2.01. The zero-order chi connectivity index (χ0) is 16.7. The Labute approximate surface area is 143 Å². The summed E-state index contributed by atoms with van der Waals surface area (Å²) >= 11 is 6.35. The fraction of sp³-hybridized carbons (Fsp3) is 0.222. The van der Waals surface area contributed by atoms with Crippen molar-refractivity contribution < 1.29 is 9.13 Å². The lowest BCUT2D eigenvalue weighted by Gasteiger charge is -2.22. The van der Waals surface area contributed by atoms with Crippen molar-refractivity contribution in [2.75, 3.05) is 0 Å². The predicted octanol–water partition coefficient (Wildman–Crippen LogP) is 4.30. The molecular formula is C18H15ClFN3O. The Hall–Kier alpha value is -2.24. The summed E-state index contributed by atoms with van der Waals surface area (Å²) in [5.41, 5.74) is 1.14. The number of rotatable bonds is 4. The highest BCUT2D eigenvalue weighted by molar-refractivity contribution is 6.31. The lowest BCUT2D eigenvalue weighted by molar-refractivity contribution is 0.217. The summed E-state index contributed by atoms with van der Waals surface area (Å²) in [5.74, 6) is -0.280. The van der Waals surface area contributed by atoms with Gasteiger partial charge in [0.2, 0.25) is 0 Å². The Bertz CT molecular complexity index is 853. The van der Waals surface area contributed by atoms with Crippen LogP contribution in [0, 0.1) is 5.82 Å². The molecule has 1 aliphatic rings. The molecule has 0 bridgehead atoms. The highest BCUT2D eigenvalue weighted by atomic mass is 35.5. The summed E-state index contributed by atoms with van der Waals surface area (Å²) in [5, 5.41) is 4.88. The van der Waals surface area contributed by atoms with Gasteiger partial charge in [-0.25, -0.2) is 14.1 Å². The van der Waals surface area contributed by atoms with Crippen LogP contribution in [0.4, 0.5) is 4.39 Å². The molecule has 2 aromatic carbocycles. The van der Waals surface area contributed by atoms with E-state index in [1.165, 1.54) is 18.5 Å². The van der Waals surface area contributed by atoms with Crippen molar-refractivity contribution in [2.45, 2.75) is 24.7 Å². The monoisotopic (exact) mass is 343 g/mol. The summed E-state index contributed by atoms with van der Waals surface area (Å²) in [7, 11) is 0. The van der Waals surface area contributed by atoms with Crippen molar-refractivity contribution in [1.29, 1.82) is 0 Å². The third-order valence-corrected chi connectivity index (χ3v) is 4.93. The van der Waals surface area contributed by atoms with Crippen LogP contribution in [0.25, 0.3) is 0 Å². The first-order chi connectivity index (χ1) is 11.6. The van der Waals surface area contributed by atoms with Gasteiger partial charge >= 0.3 is 0 Å². The van der Waals surface area contributed by atoms with Gasteiger partial charge in [-0.3, -0.25) is 0 Å². The lowest BCUT2D eigenvalue weighted by atomic mass is 9.86. The molecule has 0 radical (unpaired) electrons. The predicted molar refractivity (Wildman–Crippen MR) is 88.1 cm³/mol. The van der Waals surface area contributed by atoms with E-state index in [1.54, 1.807) is 23.1 Å². The van der Waals surface area contributed by atoms with Crippen molar-refractivity contribution in [1.82, 2.24) is 14.8 Å². The molecular weight excluding hydrogens is 329 g/mol. The third-order valence-electron chi connectivity index (χ3n) is 4.58. The van der Waals surface area contributed by atoms with Crippen LogP contribution in [0.1, 0.15) is 30.2 Å². The molecule has 0 amide bonds. The van der Waals surface area contributed by atoms with Gasteiger partial charge in [-0.15, -0.1) is 0 Å². The molecule has 4 rings (SSSR count). The number of nitrogens with zero attached hydrogens (tertiary/aromatic N) is 3. The number of epoxide rings is 1. The Morgan fingerprint density at radius 1 is 1.21 bits per heavy atom. The zero-order valence-electron chi connectivity index (χ0n) is 12.9. The fourth-order valence-electron chi connectivity index (χ4n) is 3.25. The number of hydrogen-bond donors (Lipinski definition) is 0. The van der Waals surface area contributed by atoms with Crippen LogP contribution in [0.3, 0.4) is 0 Å². The van der Waals surface area contributed by atoms with Gasteiger partial charge in [0.05, 0.1) is 6.04 Å². The zero-order valence-corrected chi connectivity index (χ0v) is 13.7. The summed E-state index contributed by atoms with van der Waals surface area (Å²) in [6, 6.07) is 13.9. The number of ether oxygens (including phenoxy) is 1. The van der Waals surface area contributed by atoms with Crippen LogP contribution in [-0.4, -0.2) is 14.8 Å². The lowest BCUT2D eigenvalue weighted by Crippen LogP contribution is -2.24. The number of benzene rings is 2. The molecule has 4 nitrogen and oxygen atoms in total. The maximum atomic E-state index is 13.4. The minimum Gasteiger partial charge on any atom is -0.353 e. The van der Waals surface area contributed by atoms with E-state index in [-0.39, 0.29) is 18.0 Å². The quantitative estimate of drug-likeness (QED) is 0.663. The van der Waals surface area contributed by atoms with Crippen LogP contribution in [0.15, 0.2) is 61.2 Å².